The van der Waals surface area contributed by atoms with Crippen LogP contribution < -0.4 is 5.32 Å². The molecule has 23 heavy (non-hydrogen) atoms. The van der Waals surface area contributed by atoms with Crippen LogP contribution in [-0.2, 0) is 0 Å². The summed E-state index contributed by atoms with van der Waals surface area (Å²) in [6, 6.07) is 5.96. The van der Waals surface area contributed by atoms with Gasteiger partial charge in [-0.2, -0.15) is 0 Å². The molecule has 2 rings (SSSR count). The Hall–Kier alpha value is -1.62. The summed E-state index contributed by atoms with van der Waals surface area (Å²) in [5, 5.41) is 12.4. The molecular formula is C18H27FN2O2. The van der Waals surface area contributed by atoms with Crippen LogP contribution in [0, 0.1) is 17.2 Å². The van der Waals surface area contributed by atoms with E-state index in [2.05, 4.69) is 5.32 Å². The Balaban J connectivity index is 2.13. The van der Waals surface area contributed by atoms with E-state index in [0.717, 1.165) is 18.4 Å². The van der Waals surface area contributed by atoms with Gasteiger partial charge in [0, 0.05) is 19.7 Å². The van der Waals surface area contributed by atoms with Crippen molar-refractivity contribution < 1.29 is 14.3 Å². The van der Waals surface area contributed by atoms with Gasteiger partial charge in [0.2, 0.25) is 0 Å². The summed E-state index contributed by atoms with van der Waals surface area (Å²) in [5.74, 6) is -0.152. The maximum atomic E-state index is 13.6. The number of likely N-dealkylation sites (tertiary alicyclic amines) is 1. The number of carbonyl (C=O) groups excluding carboxylic acids is 1. The number of hydrogen-bond acceptors (Lipinski definition) is 2. The van der Waals surface area contributed by atoms with E-state index in [4.69, 9.17) is 0 Å². The lowest BCUT2D eigenvalue weighted by Crippen LogP contribution is -2.49. The first-order valence-electron chi connectivity index (χ1n) is 8.23. The van der Waals surface area contributed by atoms with E-state index in [9.17, 15) is 14.3 Å². The van der Waals surface area contributed by atoms with Gasteiger partial charge in [0.1, 0.15) is 5.82 Å². The van der Waals surface area contributed by atoms with E-state index < -0.39 is 0 Å². The molecule has 2 N–H and O–H groups in total. The van der Waals surface area contributed by atoms with Crippen LogP contribution in [0.25, 0.3) is 0 Å². The number of amides is 2. The SMILES string of the molecule is CC(C)(C)[C@H](NC(=O)N1CCC[C@H](CO)C1)c1cccc(F)c1. The normalized spacial score (nSPS) is 20.2. The van der Waals surface area contributed by atoms with Crippen molar-refractivity contribution in [1.82, 2.24) is 10.2 Å². The molecule has 0 bridgehead atoms. The molecule has 1 saturated heterocycles. The van der Waals surface area contributed by atoms with Gasteiger partial charge in [0.05, 0.1) is 6.04 Å². The maximum Gasteiger partial charge on any atom is 0.317 e. The summed E-state index contributed by atoms with van der Waals surface area (Å²) < 4.78 is 13.6. The first-order valence-corrected chi connectivity index (χ1v) is 8.23. The Morgan fingerprint density at radius 2 is 2.22 bits per heavy atom. The van der Waals surface area contributed by atoms with Crippen molar-refractivity contribution >= 4 is 6.03 Å². The van der Waals surface area contributed by atoms with Crippen molar-refractivity contribution in [3.63, 3.8) is 0 Å². The van der Waals surface area contributed by atoms with Crippen LogP contribution in [0.2, 0.25) is 0 Å². The lowest BCUT2D eigenvalue weighted by Gasteiger charge is -2.37. The van der Waals surface area contributed by atoms with Gasteiger partial charge in [-0.25, -0.2) is 9.18 Å². The average Bonchev–Trinajstić information content (AvgIpc) is 2.51. The molecule has 0 spiro atoms. The average molecular weight is 322 g/mol. The molecule has 5 heteroatoms. The number of nitrogens with zero attached hydrogens (tertiary/aromatic N) is 1. The molecule has 0 saturated carbocycles. The minimum atomic E-state index is -0.302. The molecule has 2 amide bonds. The summed E-state index contributed by atoms with van der Waals surface area (Å²) in [5.41, 5.74) is 0.525. The Morgan fingerprint density at radius 1 is 1.48 bits per heavy atom. The molecule has 1 aliphatic rings. The number of piperidine rings is 1. The number of halogens is 1. The number of hydrogen-bond donors (Lipinski definition) is 2. The summed E-state index contributed by atoms with van der Waals surface area (Å²) in [6.07, 6.45) is 1.85. The van der Waals surface area contributed by atoms with E-state index in [0.29, 0.717) is 13.1 Å². The molecular weight excluding hydrogens is 295 g/mol. The summed E-state index contributed by atoms with van der Waals surface area (Å²) >= 11 is 0. The van der Waals surface area contributed by atoms with Gasteiger partial charge < -0.3 is 15.3 Å². The van der Waals surface area contributed by atoms with E-state index in [1.54, 1.807) is 11.0 Å². The van der Waals surface area contributed by atoms with Crippen LogP contribution >= 0.6 is 0 Å². The summed E-state index contributed by atoms with van der Waals surface area (Å²) in [4.78, 5) is 14.4. The van der Waals surface area contributed by atoms with E-state index in [1.807, 2.05) is 26.8 Å². The first kappa shape index (κ1) is 17.7. The van der Waals surface area contributed by atoms with Crippen molar-refractivity contribution in [2.75, 3.05) is 19.7 Å². The second kappa shape index (κ2) is 7.30. The molecule has 128 valence electrons. The number of carbonyl (C=O) groups is 1. The molecule has 1 aromatic carbocycles. The zero-order chi connectivity index (χ0) is 17.0. The first-order chi connectivity index (χ1) is 10.8. The maximum absolute atomic E-state index is 13.6. The van der Waals surface area contributed by atoms with Crippen molar-refractivity contribution in [2.45, 2.75) is 39.7 Å². The number of benzene rings is 1. The zero-order valence-corrected chi connectivity index (χ0v) is 14.2. The standard InChI is InChI=1S/C18H27FN2O2/c1-18(2,3)16(14-7-4-8-15(19)10-14)20-17(23)21-9-5-6-13(11-21)12-22/h4,7-8,10,13,16,22H,5-6,9,11-12H2,1-3H3,(H,20,23)/t13-,16+/m0/s1. The number of aliphatic hydroxyl groups is 1. The lowest BCUT2D eigenvalue weighted by atomic mass is 9.82. The molecule has 0 unspecified atom stereocenters. The van der Waals surface area contributed by atoms with Crippen LogP contribution in [0.5, 0.6) is 0 Å². The highest BCUT2D eigenvalue weighted by atomic mass is 19.1. The second-order valence-corrected chi connectivity index (χ2v) is 7.44. The third-order valence-electron chi connectivity index (χ3n) is 4.38. The van der Waals surface area contributed by atoms with E-state index in [1.165, 1.54) is 12.1 Å². The third kappa shape index (κ3) is 4.67. The number of aliphatic hydroxyl groups excluding tert-OH is 1. The van der Waals surface area contributed by atoms with Crippen LogP contribution in [-0.4, -0.2) is 35.7 Å². The van der Waals surface area contributed by atoms with Crippen LogP contribution in [0.3, 0.4) is 0 Å². The molecule has 1 aromatic rings. The van der Waals surface area contributed by atoms with Gasteiger partial charge in [-0.3, -0.25) is 0 Å². The Labute approximate surface area is 137 Å². The fourth-order valence-corrected chi connectivity index (χ4v) is 3.10. The fraction of sp³-hybridized carbons (Fsp3) is 0.611. The summed E-state index contributed by atoms with van der Waals surface area (Å²) in [7, 11) is 0. The Bertz CT molecular complexity index is 542. The van der Waals surface area contributed by atoms with Gasteiger partial charge in [-0.1, -0.05) is 32.9 Å². The van der Waals surface area contributed by atoms with Gasteiger partial charge in [-0.15, -0.1) is 0 Å². The molecule has 0 aromatic heterocycles. The summed E-state index contributed by atoms with van der Waals surface area (Å²) in [6.45, 7) is 7.45. The Morgan fingerprint density at radius 3 is 2.83 bits per heavy atom. The van der Waals surface area contributed by atoms with E-state index in [-0.39, 0.29) is 35.8 Å². The minimum absolute atomic E-state index is 0.108. The van der Waals surface area contributed by atoms with Crippen LogP contribution in [0.1, 0.15) is 45.2 Å². The number of nitrogens with one attached hydrogen (secondary N) is 1. The van der Waals surface area contributed by atoms with E-state index >= 15 is 0 Å². The molecule has 1 fully saturated rings. The molecule has 1 aliphatic heterocycles. The highest BCUT2D eigenvalue weighted by Crippen LogP contribution is 2.33. The second-order valence-electron chi connectivity index (χ2n) is 7.44. The largest absolute Gasteiger partial charge is 0.396 e. The zero-order valence-electron chi connectivity index (χ0n) is 14.2. The monoisotopic (exact) mass is 322 g/mol. The predicted octanol–water partition coefficient (Wildman–Crippen LogP) is 3.33. The fourth-order valence-electron chi connectivity index (χ4n) is 3.10. The highest BCUT2D eigenvalue weighted by Gasteiger charge is 2.31. The van der Waals surface area contributed by atoms with Gasteiger partial charge in [-0.05, 0) is 41.9 Å². The van der Waals surface area contributed by atoms with Gasteiger partial charge in [0.15, 0.2) is 0 Å². The molecule has 1 heterocycles. The number of rotatable bonds is 3. The molecule has 4 nitrogen and oxygen atoms in total. The van der Waals surface area contributed by atoms with Crippen LogP contribution in [0.4, 0.5) is 9.18 Å². The molecule has 0 radical (unpaired) electrons. The van der Waals surface area contributed by atoms with Crippen molar-refractivity contribution in [2.24, 2.45) is 11.3 Å². The molecule has 0 aliphatic carbocycles. The quantitative estimate of drug-likeness (QED) is 0.897. The minimum Gasteiger partial charge on any atom is -0.396 e. The highest BCUT2D eigenvalue weighted by molar-refractivity contribution is 5.75. The third-order valence-corrected chi connectivity index (χ3v) is 4.38. The number of urea groups is 1. The Kier molecular flexibility index (Phi) is 5.63. The predicted molar refractivity (Wildman–Crippen MR) is 88.5 cm³/mol. The van der Waals surface area contributed by atoms with Crippen molar-refractivity contribution in [1.29, 1.82) is 0 Å². The van der Waals surface area contributed by atoms with Crippen molar-refractivity contribution in [3.05, 3.63) is 35.6 Å². The van der Waals surface area contributed by atoms with Gasteiger partial charge >= 0.3 is 6.03 Å². The topological polar surface area (TPSA) is 52.6 Å². The molecule has 2 atom stereocenters. The lowest BCUT2D eigenvalue weighted by molar-refractivity contribution is 0.123. The van der Waals surface area contributed by atoms with Crippen molar-refractivity contribution in [3.8, 4) is 0 Å². The van der Waals surface area contributed by atoms with Gasteiger partial charge in [0.25, 0.3) is 0 Å². The smallest absolute Gasteiger partial charge is 0.317 e. The van der Waals surface area contributed by atoms with Crippen LogP contribution in [0.15, 0.2) is 24.3 Å².